The van der Waals surface area contributed by atoms with E-state index in [4.69, 9.17) is 75.8 Å². The normalized spacial score (nSPS) is 26.5. The Hall–Kier alpha value is -4.75. The molecule has 15 atom stereocenters. The van der Waals surface area contributed by atoms with E-state index in [1.807, 2.05) is 0 Å². The summed E-state index contributed by atoms with van der Waals surface area (Å²) in [5.41, 5.74) is -1.12. The minimum Gasteiger partial charge on any atom is -0.394 e. The standard InChI is InChI=1S/C64H115N7O33/c1-41(75)68-52-58(86)55(83)45(34-72)102-61(52)99-31-28-92-25-22-89-19-10-65-48(79)6-15-95-37-64(40-98-18-9-51(82)71-13-4-44(78)5-14-71,38-96-16-7-49(80)66-11-20-90-23-26-93-29-32-100-62-53(69-42(2)76)59(87)56(84)46(35-73)103-62)39-97-17-8-50(81)67-12-21-91-24-27-94-30-33-101-63-54(70-43(3)77)60(88)57(85)47(36-74)104-63/h44-47,52-63,72-74,78,83-88H,4-40H2,1-3H3,(H,65,79)(H,66,80)(H,67,81)(H,68,75)(H,69,76)(H,70,77). The second-order valence-corrected chi connectivity index (χ2v) is 25.0. The van der Waals surface area contributed by atoms with Gasteiger partial charge < -0.3 is 164 Å². The summed E-state index contributed by atoms with van der Waals surface area (Å²) in [7, 11) is 0. The molecule has 7 amide bonds. The lowest BCUT2D eigenvalue weighted by Gasteiger charge is -2.42. The predicted molar refractivity (Wildman–Crippen MR) is 354 cm³/mol. The number of piperidine rings is 1. The lowest BCUT2D eigenvalue weighted by molar-refractivity contribution is -0.272. The molecule has 4 aliphatic rings. The van der Waals surface area contributed by atoms with Gasteiger partial charge in [-0.2, -0.15) is 0 Å². The maximum absolute atomic E-state index is 13.1. The number of carbonyl (C=O) groups excluding carboxylic acids is 7. The third-order valence-electron chi connectivity index (χ3n) is 16.4. The highest BCUT2D eigenvalue weighted by Crippen LogP contribution is 2.26. The molecular weight excluding hydrogens is 1390 g/mol. The molecule has 4 saturated heterocycles. The number of nitrogens with zero attached hydrogens (tertiary/aromatic N) is 1. The number of rotatable bonds is 56. The van der Waals surface area contributed by atoms with Crippen LogP contribution in [0.25, 0.3) is 0 Å². The minimum absolute atomic E-state index is 0.00720. The molecule has 4 fully saturated rings. The van der Waals surface area contributed by atoms with Crippen molar-refractivity contribution in [1.29, 1.82) is 0 Å². The number of hydrogen-bond acceptors (Lipinski definition) is 33. The third kappa shape index (κ3) is 36.0. The van der Waals surface area contributed by atoms with Crippen LogP contribution < -0.4 is 31.9 Å². The second kappa shape index (κ2) is 53.1. The van der Waals surface area contributed by atoms with Crippen LogP contribution in [0.2, 0.25) is 0 Å². The van der Waals surface area contributed by atoms with Gasteiger partial charge in [-0.05, 0) is 12.8 Å². The van der Waals surface area contributed by atoms with Crippen molar-refractivity contribution < 1.29 is 160 Å². The summed E-state index contributed by atoms with van der Waals surface area (Å²) in [5.74, 6) is -2.71. The van der Waals surface area contributed by atoms with Crippen molar-refractivity contribution in [3.63, 3.8) is 0 Å². The largest absolute Gasteiger partial charge is 0.394 e. The fourth-order valence-corrected chi connectivity index (χ4v) is 10.9. The van der Waals surface area contributed by atoms with Gasteiger partial charge >= 0.3 is 0 Å². The smallest absolute Gasteiger partial charge is 0.224 e. The molecule has 0 bridgehead atoms. The van der Waals surface area contributed by atoms with E-state index < -0.39 is 141 Å². The lowest BCUT2D eigenvalue weighted by atomic mass is 9.92. The predicted octanol–water partition coefficient (Wildman–Crippen LogP) is -9.09. The fraction of sp³-hybridized carbons (Fsp3) is 0.891. The van der Waals surface area contributed by atoms with E-state index in [1.165, 1.54) is 20.8 Å². The Labute approximate surface area is 604 Å². The Kier molecular flexibility index (Phi) is 46.8. The van der Waals surface area contributed by atoms with E-state index in [2.05, 4.69) is 31.9 Å². The summed E-state index contributed by atoms with van der Waals surface area (Å²) in [4.78, 5) is 88.7. The number of aliphatic hydroxyl groups is 10. The van der Waals surface area contributed by atoms with Gasteiger partial charge in [0, 0.05) is 72.8 Å². The van der Waals surface area contributed by atoms with E-state index >= 15 is 0 Å². The van der Waals surface area contributed by atoms with Crippen LogP contribution in [-0.2, 0) is 109 Å². The summed E-state index contributed by atoms with van der Waals surface area (Å²) in [6.07, 6.45) is -15.4. The first kappa shape index (κ1) is 91.6. The molecule has 4 rings (SSSR count). The maximum atomic E-state index is 13.1. The maximum Gasteiger partial charge on any atom is 0.224 e. The van der Waals surface area contributed by atoms with Crippen LogP contribution in [0.1, 0.15) is 59.3 Å². The van der Waals surface area contributed by atoms with Gasteiger partial charge in [0.2, 0.25) is 41.4 Å². The zero-order chi connectivity index (χ0) is 76.1. The van der Waals surface area contributed by atoms with Crippen LogP contribution in [0, 0.1) is 5.41 Å². The molecule has 4 aliphatic heterocycles. The highest BCUT2D eigenvalue weighted by molar-refractivity contribution is 5.77. The van der Waals surface area contributed by atoms with Gasteiger partial charge in [-0.3, -0.25) is 33.6 Å². The van der Waals surface area contributed by atoms with Crippen LogP contribution in [0.5, 0.6) is 0 Å². The van der Waals surface area contributed by atoms with E-state index in [0.717, 1.165) is 0 Å². The molecule has 604 valence electrons. The molecule has 0 aromatic carbocycles. The molecule has 16 N–H and O–H groups in total. The van der Waals surface area contributed by atoms with Crippen LogP contribution in [0.3, 0.4) is 0 Å². The quantitative estimate of drug-likeness (QED) is 0.0252. The first-order valence-corrected chi connectivity index (χ1v) is 35.1. The summed E-state index contributed by atoms with van der Waals surface area (Å²) in [6.45, 7) is 4.00. The van der Waals surface area contributed by atoms with Crippen molar-refractivity contribution in [2.45, 2.75) is 157 Å². The SMILES string of the molecule is CC(=O)NC1C(OCCOCCOCCNC(=O)CCOCC(COCCC(=O)NCCOCCOCCOC2OC(CO)C(O)C(O)C2NC(C)=O)(COCCC(=O)NCCOCCOCCOC2OC(CO)C(O)C(O)C2NC(C)=O)COCCC(=O)N2CCC(O)CC2)OC(CO)C(O)C1O. The molecular formula is C64H115N7O33. The van der Waals surface area contributed by atoms with Crippen molar-refractivity contribution >= 4 is 41.4 Å². The summed E-state index contributed by atoms with van der Waals surface area (Å²) in [5, 5.41) is 116. The Morgan fingerprint density at radius 2 is 0.635 bits per heavy atom. The van der Waals surface area contributed by atoms with Gasteiger partial charge in [-0.15, -0.1) is 0 Å². The van der Waals surface area contributed by atoms with Gasteiger partial charge in [0.1, 0.15) is 73.1 Å². The highest BCUT2D eigenvalue weighted by atomic mass is 16.7. The van der Waals surface area contributed by atoms with Crippen molar-refractivity contribution in [2.24, 2.45) is 5.41 Å². The molecule has 104 heavy (non-hydrogen) atoms. The monoisotopic (exact) mass is 1510 g/mol. The van der Waals surface area contributed by atoms with Crippen LogP contribution in [-0.4, -0.2) is 400 Å². The Morgan fingerprint density at radius 1 is 0.365 bits per heavy atom. The van der Waals surface area contributed by atoms with E-state index in [1.54, 1.807) is 4.90 Å². The number of carbonyl (C=O) groups is 7. The zero-order valence-electron chi connectivity index (χ0n) is 59.7. The Balaban J connectivity index is 1.23. The van der Waals surface area contributed by atoms with Crippen LogP contribution in [0.4, 0.5) is 0 Å². The van der Waals surface area contributed by atoms with Crippen molar-refractivity contribution in [1.82, 2.24) is 36.8 Å². The summed E-state index contributed by atoms with van der Waals surface area (Å²) in [6, 6.07) is -3.29. The van der Waals surface area contributed by atoms with Gasteiger partial charge in [0.25, 0.3) is 0 Å². The highest BCUT2D eigenvalue weighted by Gasteiger charge is 2.48. The fourth-order valence-electron chi connectivity index (χ4n) is 10.9. The molecule has 0 radical (unpaired) electrons. The molecule has 0 saturated carbocycles. The molecule has 0 aromatic heterocycles. The van der Waals surface area contributed by atoms with Crippen LogP contribution >= 0.6 is 0 Å². The molecule has 15 unspecified atom stereocenters. The average molecular weight is 1510 g/mol. The molecule has 40 heteroatoms. The second-order valence-electron chi connectivity index (χ2n) is 25.0. The number of likely N-dealkylation sites (tertiary alicyclic amines) is 1. The van der Waals surface area contributed by atoms with Crippen LogP contribution in [0.15, 0.2) is 0 Å². The van der Waals surface area contributed by atoms with E-state index in [9.17, 15) is 84.6 Å². The minimum atomic E-state index is -1.46. The first-order chi connectivity index (χ1) is 50.0. The first-order valence-electron chi connectivity index (χ1n) is 35.1. The van der Waals surface area contributed by atoms with Gasteiger partial charge in [-0.1, -0.05) is 0 Å². The van der Waals surface area contributed by atoms with Gasteiger partial charge in [0.05, 0.1) is 190 Å². The van der Waals surface area contributed by atoms with E-state index in [0.29, 0.717) is 25.9 Å². The molecule has 40 nitrogen and oxygen atoms in total. The third-order valence-corrected chi connectivity index (χ3v) is 16.4. The van der Waals surface area contributed by atoms with Gasteiger partial charge in [-0.25, -0.2) is 0 Å². The van der Waals surface area contributed by atoms with Crippen molar-refractivity contribution in [3.05, 3.63) is 0 Å². The lowest BCUT2D eigenvalue weighted by Crippen LogP contribution is -2.64. The summed E-state index contributed by atoms with van der Waals surface area (Å²) < 4.78 is 91.2. The van der Waals surface area contributed by atoms with Crippen molar-refractivity contribution in [3.8, 4) is 0 Å². The Bertz CT molecular complexity index is 2180. The Morgan fingerprint density at radius 3 is 0.913 bits per heavy atom. The molecule has 0 aromatic rings. The zero-order valence-corrected chi connectivity index (χ0v) is 59.7. The number of amides is 7. The molecule has 0 spiro atoms. The number of hydrogen-bond donors (Lipinski definition) is 16. The van der Waals surface area contributed by atoms with Crippen molar-refractivity contribution in [2.75, 3.05) is 205 Å². The molecule has 0 aliphatic carbocycles. The number of aliphatic hydroxyl groups excluding tert-OH is 10. The molecule has 4 heterocycles. The number of nitrogens with one attached hydrogen (secondary N) is 6. The number of ether oxygens (including phenoxy) is 16. The average Bonchev–Trinajstić information content (AvgIpc) is 0.820. The topological polar surface area (TPSA) is 545 Å². The van der Waals surface area contributed by atoms with E-state index in [-0.39, 0.29) is 221 Å². The summed E-state index contributed by atoms with van der Waals surface area (Å²) >= 11 is 0. The van der Waals surface area contributed by atoms with Gasteiger partial charge in [0.15, 0.2) is 18.9 Å².